The lowest BCUT2D eigenvalue weighted by Gasteiger charge is -2.39. The number of hydrogen-bond acceptors (Lipinski definition) is 7. The minimum absolute atomic E-state index is 0.102. The Labute approximate surface area is 145 Å². The van der Waals surface area contributed by atoms with Crippen LogP contribution in [0.15, 0.2) is 4.42 Å². The van der Waals surface area contributed by atoms with E-state index in [4.69, 9.17) is 9.15 Å². The Bertz CT molecular complexity index is 504. The maximum atomic E-state index is 10.6. The van der Waals surface area contributed by atoms with E-state index in [0.29, 0.717) is 31.4 Å². The number of β-amino-alcohol motifs (C(OH)–C–C–N with tert-alkyl or cyclic N) is 1. The van der Waals surface area contributed by atoms with Gasteiger partial charge in [-0.2, -0.15) is 0 Å². The molecule has 2 rings (SSSR count). The number of nitrogens with zero attached hydrogens (tertiary/aromatic N) is 4. The average Bonchev–Trinajstić information content (AvgIpc) is 2.81. The molecule has 1 aliphatic heterocycles. The standard InChI is InChI=1S/C17H32N4O3/c1-12-7-20(8-13(2)23-12)9-15(22)10-21(17(4,5)6)11-16-19-18-14(3)24-16/h12-13,15,22H,7-11H2,1-6H3. The molecule has 0 amide bonds. The minimum atomic E-state index is -0.439. The zero-order valence-corrected chi connectivity index (χ0v) is 15.8. The Morgan fingerprint density at radius 3 is 2.38 bits per heavy atom. The van der Waals surface area contributed by atoms with E-state index in [0.717, 1.165) is 13.1 Å². The van der Waals surface area contributed by atoms with Gasteiger partial charge in [0, 0.05) is 38.6 Å². The molecule has 1 fully saturated rings. The van der Waals surface area contributed by atoms with Crippen LogP contribution >= 0.6 is 0 Å². The molecular formula is C17H32N4O3. The molecule has 2 heterocycles. The summed E-state index contributed by atoms with van der Waals surface area (Å²) < 4.78 is 11.2. The van der Waals surface area contributed by atoms with Crippen molar-refractivity contribution in [3.8, 4) is 0 Å². The van der Waals surface area contributed by atoms with Crippen LogP contribution in [0.4, 0.5) is 0 Å². The van der Waals surface area contributed by atoms with Gasteiger partial charge in [0.1, 0.15) is 0 Å². The van der Waals surface area contributed by atoms with Gasteiger partial charge in [0.05, 0.1) is 24.9 Å². The van der Waals surface area contributed by atoms with Crippen LogP contribution in [0.3, 0.4) is 0 Å². The van der Waals surface area contributed by atoms with Crippen molar-refractivity contribution in [2.24, 2.45) is 0 Å². The summed E-state index contributed by atoms with van der Waals surface area (Å²) in [5.41, 5.74) is -0.102. The van der Waals surface area contributed by atoms with Crippen molar-refractivity contribution >= 4 is 0 Å². The lowest BCUT2D eigenvalue weighted by molar-refractivity contribution is -0.0799. The van der Waals surface area contributed by atoms with Crippen LogP contribution in [0.2, 0.25) is 0 Å². The molecule has 0 spiro atoms. The number of aliphatic hydroxyl groups excluding tert-OH is 1. The average molecular weight is 340 g/mol. The summed E-state index contributed by atoms with van der Waals surface area (Å²) in [5.74, 6) is 1.15. The highest BCUT2D eigenvalue weighted by Gasteiger charge is 2.28. The Morgan fingerprint density at radius 2 is 1.88 bits per heavy atom. The van der Waals surface area contributed by atoms with Gasteiger partial charge >= 0.3 is 0 Å². The number of aliphatic hydroxyl groups is 1. The number of rotatable bonds is 6. The monoisotopic (exact) mass is 340 g/mol. The number of morpholine rings is 1. The predicted molar refractivity (Wildman–Crippen MR) is 91.7 cm³/mol. The van der Waals surface area contributed by atoms with Crippen molar-refractivity contribution in [1.82, 2.24) is 20.0 Å². The largest absolute Gasteiger partial charge is 0.424 e. The molecule has 24 heavy (non-hydrogen) atoms. The van der Waals surface area contributed by atoms with Gasteiger partial charge in [0.2, 0.25) is 11.8 Å². The minimum Gasteiger partial charge on any atom is -0.424 e. The highest BCUT2D eigenvalue weighted by molar-refractivity contribution is 4.86. The molecule has 7 nitrogen and oxygen atoms in total. The second kappa shape index (κ2) is 7.91. The van der Waals surface area contributed by atoms with Gasteiger partial charge in [-0.3, -0.25) is 9.80 Å². The summed E-state index contributed by atoms with van der Waals surface area (Å²) in [5, 5.41) is 18.6. The highest BCUT2D eigenvalue weighted by Crippen LogP contribution is 2.18. The van der Waals surface area contributed by atoms with Gasteiger partial charge in [0.25, 0.3) is 0 Å². The Balaban J connectivity index is 1.93. The van der Waals surface area contributed by atoms with Crippen molar-refractivity contribution in [3.05, 3.63) is 11.8 Å². The summed E-state index contributed by atoms with van der Waals surface area (Å²) >= 11 is 0. The molecule has 1 aliphatic rings. The third-order valence-electron chi connectivity index (χ3n) is 4.24. The molecule has 1 saturated heterocycles. The lowest BCUT2D eigenvalue weighted by atomic mass is 10.0. The number of ether oxygens (including phenoxy) is 1. The van der Waals surface area contributed by atoms with E-state index in [1.54, 1.807) is 6.92 Å². The maximum absolute atomic E-state index is 10.6. The first-order chi connectivity index (χ1) is 11.1. The molecule has 0 radical (unpaired) electrons. The molecule has 0 aromatic carbocycles. The van der Waals surface area contributed by atoms with E-state index in [-0.39, 0.29) is 17.7 Å². The number of aryl methyl sites for hydroxylation is 1. The zero-order valence-electron chi connectivity index (χ0n) is 15.8. The van der Waals surface area contributed by atoms with Gasteiger partial charge < -0.3 is 14.3 Å². The fourth-order valence-electron chi connectivity index (χ4n) is 3.18. The van der Waals surface area contributed by atoms with Gasteiger partial charge in [-0.1, -0.05) is 0 Å². The third kappa shape index (κ3) is 5.81. The number of aromatic nitrogens is 2. The van der Waals surface area contributed by atoms with Crippen LogP contribution in [0.5, 0.6) is 0 Å². The molecule has 138 valence electrons. The van der Waals surface area contributed by atoms with E-state index < -0.39 is 6.10 Å². The van der Waals surface area contributed by atoms with Gasteiger partial charge in [-0.15, -0.1) is 10.2 Å². The molecule has 1 N–H and O–H groups in total. The smallest absolute Gasteiger partial charge is 0.230 e. The van der Waals surface area contributed by atoms with Crippen molar-refractivity contribution < 1.29 is 14.3 Å². The van der Waals surface area contributed by atoms with Crippen LogP contribution in [-0.4, -0.2) is 75.1 Å². The summed E-state index contributed by atoms with van der Waals surface area (Å²) in [6.07, 6.45) is -0.0205. The molecule has 1 aromatic heterocycles. The lowest BCUT2D eigenvalue weighted by Crippen LogP contribution is -2.51. The first-order valence-electron chi connectivity index (χ1n) is 8.73. The topological polar surface area (TPSA) is 74.9 Å². The normalized spacial score (nSPS) is 24.5. The Morgan fingerprint density at radius 1 is 1.25 bits per heavy atom. The van der Waals surface area contributed by atoms with Crippen LogP contribution in [0.25, 0.3) is 0 Å². The second-order valence-corrected chi connectivity index (χ2v) is 7.90. The van der Waals surface area contributed by atoms with Gasteiger partial charge in [0.15, 0.2) is 0 Å². The molecule has 3 atom stereocenters. The second-order valence-electron chi connectivity index (χ2n) is 7.90. The fraction of sp³-hybridized carbons (Fsp3) is 0.882. The molecule has 0 saturated carbocycles. The van der Waals surface area contributed by atoms with Gasteiger partial charge in [-0.05, 0) is 34.6 Å². The fourth-order valence-corrected chi connectivity index (χ4v) is 3.18. The van der Waals surface area contributed by atoms with Crippen molar-refractivity contribution in [3.63, 3.8) is 0 Å². The van der Waals surface area contributed by atoms with Crippen LogP contribution < -0.4 is 0 Å². The summed E-state index contributed by atoms with van der Waals surface area (Å²) in [6.45, 7) is 15.8. The van der Waals surface area contributed by atoms with Crippen LogP contribution in [0, 0.1) is 6.92 Å². The summed E-state index contributed by atoms with van der Waals surface area (Å²) in [7, 11) is 0. The van der Waals surface area contributed by atoms with Crippen molar-refractivity contribution in [1.29, 1.82) is 0 Å². The molecule has 0 aliphatic carbocycles. The predicted octanol–water partition coefficient (Wildman–Crippen LogP) is 1.45. The Kier molecular flexibility index (Phi) is 6.36. The van der Waals surface area contributed by atoms with E-state index in [9.17, 15) is 5.11 Å². The third-order valence-corrected chi connectivity index (χ3v) is 4.24. The SMILES string of the molecule is Cc1nnc(CN(CC(O)CN2CC(C)OC(C)C2)C(C)(C)C)o1. The van der Waals surface area contributed by atoms with Gasteiger partial charge in [-0.25, -0.2) is 0 Å². The van der Waals surface area contributed by atoms with Crippen LogP contribution in [0.1, 0.15) is 46.4 Å². The molecule has 7 heteroatoms. The molecular weight excluding hydrogens is 308 g/mol. The van der Waals surface area contributed by atoms with E-state index in [2.05, 4.69) is 54.6 Å². The van der Waals surface area contributed by atoms with E-state index in [1.165, 1.54) is 0 Å². The van der Waals surface area contributed by atoms with Crippen molar-refractivity contribution in [2.75, 3.05) is 26.2 Å². The van der Waals surface area contributed by atoms with Crippen molar-refractivity contribution in [2.45, 2.75) is 71.9 Å². The molecule has 0 bridgehead atoms. The number of hydrogen-bond donors (Lipinski definition) is 1. The zero-order chi connectivity index (χ0) is 17.9. The Hall–Kier alpha value is -1.02. The van der Waals surface area contributed by atoms with Crippen LogP contribution in [-0.2, 0) is 11.3 Å². The summed E-state index contributed by atoms with van der Waals surface area (Å²) in [4.78, 5) is 4.46. The summed E-state index contributed by atoms with van der Waals surface area (Å²) in [6, 6.07) is 0. The highest BCUT2D eigenvalue weighted by atomic mass is 16.5. The quantitative estimate of drug-likeness (QED) is 0.840. The maximum Gasteiger partial charge on any atom is 0.230 e. The molecule has 3 unspecified atom stereocenters. The first-order valence-corrected chi connectivity index (χ1v) is 8.73. The van der Waals surface area contributed by atoms with E-state index >= 15 is 0 Å². The first kappa shape index (κ1) is 19.3. The van der Waals surface area contributed by atoms with E-state index in [1.807, 2.05) is 0 Å². The molecule has 1 aromatic rings.